The summed E-state index contributed by atoms with van der Waals surface area (Å²) in [6.07, 6.45) is 6.89. The van der Waals surface area contributed by atoms with Crippen molar-refractivity contribution in [3.05, 3.63) is 75.7 Å². The monoisotopic (exact) mass is 549 g/mol. The number of rotatable bonds is 7. The van der Waals surface area contributed by atoms with Gasteiger partial charge in [-0.15, -0.1) is 0 Å². The van der Waals surface area contributed by atoms with Crippen molar-refractivity contribution < 1.29 is 23.8 Å². The summed E-state index contributed by atoms with van der Waals surface area (Å²) in [6.45, 7) is 4.83. The third kappa shape index (κ3) is 4.37. The van der Waals surface area contributed by atoms with Crippen LogP contribution < -0.4 is 9.47 Å². The molecule has 1 spiro atoms. The van der Waals surface area contributed by atoms with Gasteiger partial charge in [-0.05, 0) is 71.8 Å². The van der Waals surface area contributed by atoms with Crippen molar-refractivity contribution in [1.29, 1.82) is 0 Å². The topological polar surface area (TPSA) is 68.7 Å². The number of fused-ring (bicyclic) bond motifs is 2. The molecule has 3 aliphatic carbocycles. The molecule has 3 atom stereocenters. The molecule has 3 aromatic rings. The lowest BCUT2D eigenvalue weighted by Gasteiger charge is -2.30. The fourth-order valence-corrected chi connectivity index (χ4v) is 7.36. The molecule has 2 saturated carbocycles. The minimum Gasteiger partial charge on any atom is -0.486 e. The number of methoxy groups -OCH3 is 1. The van der Waals surface area contributed by atoms with Crippen molar-refractivity contribution in [1.82, 2.24) is 4.98 Å². The van der Waals surface area contributed by atoms with Gasteiger partial charge in [-0.3, -0.25) is 4.79 Å². The van der Waals surface area contributed by atoms with Crippen molar-refractivity contribution in [2.45, 2.75) is 70.3 Å². The van der Waals surface area contributed by atoms with Crippen molar-refractivity contribution in [2.75, 3.05) is 7.11 Å². The highest BCUT2D eigenvalue weighted by Gasteiger charge is 2.63. The molecule has 0 radical (unpaired) electrons. The normalized spacial score (nSPS) is 24.5. The summed E-state index contributed by atoms with van der Waals surface area (Å²) < 4.78 is 27.2. The number of nitrogens with zero attached hydrogens (tertiary/aromatic N) is 1. The number of hydrogen-bond donors (Lipinski definition) is 1. The van der Waals surface area contributed by atoms with Crippen LogP contribution in [0.1, 0.15) is 74.1 Å². The zero-order chi connectivity index (χ0) is 27.5. The standard InChI is InChI=1S/C32H33ClFNO4/c1-31(2)11-4-5-23(31)21-13-18(6-8-20(21)22-14-27(38-3)35-16-25(22)33)17-39-26-9-7-19-10-12-32(28(19)29(26)34)15-24(32)30(36)37/h6-9,13-14,16,23-24H,4-5,10-12,15,17H2,1-3H3,(H,36,37)/t23-,24?,32?/m0/s1. The van der Waals surface area contributed by atoms with E-state index in [0.717, 1.165) is 41.5 Å². The molecule has 204 valence electrons. The van der Waals surface area contributed by atoms with Crippen LogP contribution in [-0.4, -0.2) is 23.2 Å². The number of carbonyl (C=O) groups is 1. The number of benzene rings is 2. The molecular weight excluding hydrogens is 517 g/mol. The second-order valence-electron chi connectivity index (χ2n) is 12.0. The summed E-state index contributed by atoms with van der Waals surface area (Å²) in [6, 6.07) is 11.7. The van der Waals surface area contributed by atoms with Gasteiger partial charge in [-0.25, -0.2) is 9.37 Å². The fraction of sp³-hybridized carbons (Fsp3) is 0.438. The average molecular weight is 550 g/mol. The Morgan fingerprint density at radius 2 is 2.00 bits per heavy atom. The minimum absolute atomic E-state index is 0.128. The van der Waals surface area contributed by atoms with E-state index in [1.807, 2.05) is 18.2 Å². The van der Waals surface area contributed by atoms with Crippen molar-refractivity contribution in [3.63, 3.8) is 0 Å². The average Bonchev–Trinajstić information content (AvgIpc) is 3.36. The van der Waals surface area contributed by atoms with E-state index in [-0.39, 0.29) is 17.8 Å². The molecule has 0 saturated heterocycles. The molecule has 7 heteroatoms. The molecule has 5 nitrogen and oxygen atoms in total. The molecule has 1 aromatic heterocycles. The van der Waals surface area contributed by atoms with Crippen LogP contribution in [0, 0.1) is 17.2 Å². The first-order chi connectivity index (χ1) is 18.6. The third-order valence-electron chi connectivity index (χ3n) is 9.38. The number of carboxylic acids is 1. The molecule has 3 aliphatic rings. The van der Waals surface area contributed by atoms with Crippen LogP contribution in [0.25, 0.3) is 11.1 Å². The SMILES string of the molecule is COc1cc(-c2ccc(COc3ccc4c(c3F)C3(CC4)CC3C(=O)O)cc2[C@@H]2CCCC2(C)C)c(Cl)cn1. The zero-order valence-corrected chi connectivity index (χ0v) is 23.3. The van der Waals surface area contributed by atoms with Gasteiger partial charge in [0.05, 0.1) is 24.2 Å². The summed E-state index contributed by atoms with van der Waals surface area (Å²) in [5.74, 6) is -0.737. The summed E-state index contributed by atoms with van der Waals surface area (Å²) >= 11 is 6.62. The van der Waals surface area contributed by atoms with Crippen LogP contribution in [0.5, 0.6) is 11.6 Å². The number of aromatic nitrogens is 1. The summed E-state index contributed by atoms with van der Waals surface area (Å²) in [7, 11) is 1.59. The molecule has 2 fully saturated rings. The second kappa shape index (κ2) is 9.51. The van der Waals surface area contributed by atoms with E-state index in [1.54, 1.807) is 19.4 Å². The molecule has 2 aromatic carbocycles. The predicted octanol–water partition coefficient (Wildman–Crippen LogP) is 7.71. The van der Waals surface area contributed by atoms with E-state index in [0.29, 0.717) is 41.6 Å². The lowest BCUT2D eigenvalue weighted by molar-refractivity contribution is -0.139. The lowest BCUT2D eigenvalue weighted by atomic mass is 9.75. The van der Waals surface area contributed by atoms with Gasteiger partial charge in [0.25, 0.3) is 0 Å². The van der Waals surface area contributed by atoms with Crippen molar-refractivity contribution in [2.24, 2.45) is 11.3 Å². The van der Waals surface area contributed by atoms with E-state index in [4.69, 9.17) is 21.1 Å². The molecule has 0 amide bonds. The largest absolute Gasteiger partial charge is 0.486 e. The Morgan fingerprint density at radius 3 is 2.69 bits per heavy atom. The Morgan fingerprint density at radius 1 is 1.18 bits per heavy atom. The highest BCUT2D eigenvalue weighted by atomic mass is 35.5. The van der Waals surface area contributed by atoms with Crippen molar-refractivity contribution >= 4 is 17.6 Å². The van der Waals surface area contributed by atoms with E-state index >= 15 is 4.39 Å². The zero-order valence-electron chi connectivity index (χ0n) is 22.5. The molecular formula is C32H33ClFNO4. The predicted molar refractivity (Wildman–Crippen MR) is 148 cm³/mol. The maximum atomic E-state index is 15.7. The van der Waals surface area contributed by atoms with E-state index in [9.17, 15) is 9.90 Å². The molecule has 1 heterocycles. The third-order valence-corrected chi connectivity index (χ3v) is 9.68. The fourth-order valence-electron chi connectivity index (χ4n) is 7.16. The van der Waals surface area contributed by atoms with Gasteiger partial charge in [0.15, 0.2) is 11.6 Å². The van der Waals surface area contributed by atoms with Crippen LogP contribution in [0.3, 0.4) is 0 Å². The number of halogens is 2. The Hall–Kier alpha value is -3.12. The number of aryl methyl sites for hydroxylation is 1. The number of ether oxygens (including phenoxy) is 2. The quantitative estimate of drug-likeness (QED) is 0.327. The van der Waals surface area contributed by atoms with E-state index in [1.165, 1.54) is 5.56 Å². The van der Waals surface area contributed by atoms with Gasteiger partial charge in [0.2, 0.25) is 5.88 Å². The van der Waals surface area contributed by atoms with Crippen LogP contribution in [0.15, 0.2) is 42.6 Å². The van der Waals surface area contributed by atoms with Gasteiger partial charge in [-0.1, -0.05) is 56.1 Å². The number of hydrogen-bond acceptors (Lipinski definition) is 4. The molecule has 0 aliphatic heterocycles. The van der Waals surface area contributed by atoms with Gasteiger partial charge in [0.1, 0.15) is 6.61 Å². The molecule has 39 heavy (non-hydrogen) atoms. The number of carboxylic acid groups (broad SMARTS) is 1. The van der Waals surface area contributed by atoms with Gasteiger partial charge < -0.3 is 14.6 Å². The van der Waals surface area contributed by atoms with Crippen LogP contribution in [-0.2, 0) is 23.2 Å². The molecule has 1 N–H and O–H groups in total. The first-order valence-electron chi connectivity index (χ1n) is 13.6. The lowest BCUT2D eigenvalue weighted by Crippen LogP contribution is -2.17. The van der Waals surface area contributed by atoms with E-state index in [2.05, 4.69) is 31.0 Å². The van der Waals surface area contributed by atoms with Crippen LogP contribution in [0.2, 0.25) is 5.02 Å². The highest BCUT2D eigenvalue weighted by molar-refractivity contribution is 6.33. The summed E-state index contributed by atoms with van der Waals surface area (Å²) in [5.41, 5.74) is 5.08. The van der Waals surface area contributed by atoms with Gasteiger partial charge >= 0.3 is 5.97 Å². The Bertz CT molecular complexity index is 1470. The molecule has 0 bridgehead atoms. The summed E-state index contributed by atoms with van der Waals surface area (Å²) in [4.78, 5) is 15.9. The van der Waals surface area contributed by atoms with Crippen LogP contribution >= 0.6 is 11.6 Å². The maximum Gasteiger partial charge on any atom is 0.307 e. The van der Waals surface area contributed by atoms with Gasteiger partial charge in [0, 0.05) is 22.6 Å². The minimum atomic E-state index is -0.844. The number of pyridine rings is 1. The smallest absolute Gasteiger partial charge is 0.307 e. The van der Waals surface area contributed by atoms with Gasteiger partial charge in [-0.2, -0.15) is 0 Å². The van der Waals surface area contributed by atoms with Crippen molar-refractivity contribution in [3.8, 4) is 22.8 Å². The van der Waals surface area contributed by atoms with E-state index < -0.39 is 23.1 Å². The first kappa shape index (κ1) is 26.1. The number of aliphatic carboxylic acids is 1. The second-order valence-corrected chi connectivity index (χ2v) is 12.4. The highest BCUT2D eigenvalue weighted by Crippen LogP contribution is 2.63. The maximum absolute atomic E-state index is 15.7. The van der Waals surface area contributed by atoms with Crippen LogP contribution in [0.4, 0.5) is 4.39 Å². The molecule has 2 unspecified atom stereocenters. The first-order valence-corrected chi connectivity index (χ1v) is 14.0. The molecule has 6 rings (SSSR count). The Balaban J connectivity index is 1.33. The summed E-state index contributed by atoms with van der Waals surface area (Å²) in [5, 5.41) is 10.1. The Kier molecular flexibility index (Phi) is 6.37. The Labute approximate surface area is 233 Å².